The van der Waals surface area contributed by atoms with Crippen LogP contribution < -0.4 is 5.32 Å². The molecule has 6 nitrogen and oxygen atoms in total. The molecule has 3 N–H and O–H groups in total. The summed E-state index contributed by atoms with van der Waals surface area (Å²) in [6, 6.07) is 22.9. The summed E-state index contributed by atoms with van der Waals surface area (Å²) in [5.41, 5.74) is 7.23. The number of benzene rings is 3. The number of aliphatic hydroxyl groups excluding tert-OH is 1. The Hall–Kier alpha value is -3.90. The Labute approximate surface area is 197 Å². The maximum absolute atomic E-state index is 13.4. The van der Waals surface area contributed by atoms with Gasteiger partial charge in [0.2, 0.25) is 11.8 Å². The number of aromatic amines is 1. The highest BCUT2D eigenvalue weighted by Crippen LogP contribution is 2.44. The molecular weight excluding hydrogens is 426 g/mol. The molecule has 0 fully saturated rings. The summed E-state index contributed by atoms with van der Waals surface area (Å²) in [4.78, 5) is 31.9. The second-order valence-electron chi connectivity index (χ2n) is 8.99. The van der Waals surface area contributed by atoms with Crippen LogP contribution in [0.4, 0.5) is 0 Å². The second kappa shape index (κ2) is 8.15. The lowest BCUT2D eigenvalue weighted by atomic mass is 9.95. The summed E-state index contributed by atoms with van der Waals surface area (Å²) in [6.45, 7) is 0.538. The Balaban J connectivity index is 1.23. The van der Waals surface area contributed by atoms with Gasteiger partial charge < -0.3 is 20.3 Å². The van der Waals surface area contributed by atoms with Crippen molar-refractivity contribution in [2.75, 3.05) is 13.2 Å². The molecule has 0 radical (unpaired) electrons. The van der Waals surface area contributed by atoms with E-state index < -0.39 is 18.6 Å². The first-order valence-corrected chi connectivity index (χ1v) is 11.6. The minimum atomic E-state index is -0.988. The van der Waals surface area contributed by atoms with Gasteiger partial charge in [-0.2, -0.15) is 0 Å². The van der Waals surface area contributed by atoms with Gasteiger partial charge in [0.15, 0.2) is 0 Å². The van der Waals surface area contributed by atoms with Crippen molar-refractivity contribution in [2.24, 2.45) is 0 Å². The molecule has 34 heavy (non-hydrogen) atoms. The van der Waals surface area contributed by atoms with E-state index in [0.717, 1.165) is 39.9 Å². The van der Waals surface area contributed by atoms with Crippen molar-refractivity contribution in [3.05, 3.63) is 95.2 Å². The van der Waals surface area contributed by atoms with Gasteiger partial charge in [-0.3, -0.25) is 9.59 Å². The van der Waals surface area contributed by atoms with Crippen LogP contribution in [0.2, 0.25) is 0 Å². The fourth-order valence-corrected chi connectivity index (χ4v) is 5.48. The van der Waals surface area contributed by atoms with Gasteiger partial charge >= 0.3 is 0 Å². The van der Waals surface area contributed by atoms with E-state index in [1.165, 1.54) is 10.9 Å². The van der Waals surface area contributed by atoms with E-state index in [-0.39, 0.29) is 11.8 Å². The number of fused-ring (bicyclic) bond motifs is 6. The van der Waals surface area contributed by atoms with Crippen LogP contribution in [-0.2, 0) is 22.6 Å². The number of rotatable bonds is 4. The highest BCUT2D eigenvalue weighted by atomic mass is 16.3. The lowest BCUT2D eigenvalue weighted by Crippen LogP contribution is -2.52. The number of nitrogens with zero attached hydrogens (tertiary/aromatic N) is 1. The summed E-state index contributed by atoms with van der Waals surface area (Å²) < 4.78 is 0. The van der Waals surface area contributed by atoms with Crippen LogP contribution in [-0.4, -0.2) is 46.0 Å². The van der Waals surface area contributed by atoms with E-state index in [9.17, 15) is 14.7 Å². The van der Waals surface area contributed by atoms with Gasteiger partial charge in [-0.1, -0.05) is 66.7 Å². The standard InChI is InChI=1S/C28H25N3O3/c32-16-25(28(34)31-14-13-20-19-9-5-6-12-23(19)29-24(20)15-31)30-27(33)26-21-10-3-1-7-17(21)18-8-2-4-11-22(18)26/h1-12,25-26,29,32H,13-16H2,(H,30,33)/t25-/m0/s1. The smallest absolute Gasteiger partial charge is 0.247 e. The number of para-hydroxylation sites is 1. The molecule has 2 aliphatic rings. The normalized spacial score (nSPS) is 15.5. The molecule has 0 unspecified atom stereocenters. The molecule has 3 aromatic carbocycles. The highest BCUT2D eigenvalue weighted by molar-refractivity contribution is 5.98. The zero-order valence-electron chi connectivity index (χ0n) is 18.6. The van der Waals surface area contributed by atoms with Crippen molar-refractivity contribution in [2.45, 2.75) is 24.9 Å². The average molecular weight is 452 g/mol. The van der Waals surface area contributed by atoms with E-state index >= 15 is 0 Å². The number of aromatic nitrogens is 1. The number of nitrogens with one attached hydrogen (secondary N) is 2. The van der Waals surface area contributed by atoms with Crippen LogP contribution in [0.1, 0.15) is 28.3 Å². The van der Waals surface area contributed by atoms with Crippen molar-refractivity contribution in [1.29, 1.82) is 0 Å². The quantitative estimate of drug-likeness (QED) is 0.445. The van der Waals surface area contributed by atoms with Crippen molar-refractivity contribution in [3.8, 4) is 11.1 Å². The van der Waals surface area contributed by atoms with Crippen molar-refractivity contribution >= 4 is 22.7 Å². The van der Waals surface area contributed by atoms with Crippen molar-refractivity contribution in [1.82, 2.24) is 15.2 Å². The zero-order chi connectivity index (χ0) is 23.2. The predicted molar refractivity (Wildman–Crippen MR) is 130 cm³/mol. The maximum Gasteiger partial charge on any atom is 0.247 e. The number of H-pyrrole nitrogens is 1. The number of carbonyl (C=O) groups is 2. The molecule has 1 aromatic heterocycles. The molecule has 0 saturated carbocycles. The molecule has 0 saturated heterocycles. The monoisotopic (exact) mass is 451 g/mol. The molecule has 2 heterocycles. The Morgan fingerprint density at radius 3 is 2.32 bits per heavy atom. The molecule has 170 valence electrons. The average Bonchev–Trinajstić information content (AvgIpc) is 3.42. The fraction of sp³-hybridized carbons (Fsp3) is 0.214. The number of carbonyl (C=O) groups excluding carboxylic acids is 2. The molecule has 0 spiro atoms. The van der Waals surface area contributed by atoms with Crippen LogP contribution in [0, 0.1) is 0 Å². The molecule has 4 aromatic rings. The second-order valence-corrected chi connectivity index (χ2v) is 8.99. The lowest BCUT2D eigenvalue weighted by Gasteiger charge is -2.30. The summed E-state index contributed by atoms with van der Waals surface area (Å²) in [7, 11) is 0. The van der Waals surface area contributed by atoms with Crippen LogP contribution in [0.5, 0.6) is 0 Å². The van der Waals surface area contributed by atoms with E-state index in [1.54, 1.807) is 4.90 Å². The van der Waals surface area contributed by atoms with Gasteiger partial charge in [0.1, 0.15) is 6.04 Å². The Morgan fingerprint density at radius 1 is 0.971 bits per heavy atom. The van der Waals surface area contributed by atoms with E-state index in [0.29, 0.717) is 13.1 Å². The van der Waals surface area contributed by atoms with Crippen molar-refractivity contribution < 1.29 is 14.7 Å². The van der Waals surface area contributed by atoms with Gasteiger partial charge in [-0.15, -0.1) is 0 Å². The highest BCUT2D eigenvalue weighted by Gasteiger charge is 2.36. The van der Waals surface area contributed by atoms with Gasteiger partial charge in [-0.05, 0) is 40.3 Å². The van der Waals surface area contributed by atoms with Crippen LogP contribution in [0.15, 0.2) is 72.8 Å². The number of hydrogen-bond donors (Lipinski definition) is 3. The van der Waals surface area contributed by atoms with Crippen LogP contribution in [0.25, 0.3) is 22.0 Å². The SMILES string of the molecule is O=C(N[C@@H](CO)C(=O)N1CCc2c([nH]c3ccccc23)C1)C1c2ccccc2-c2ccccc21. The van der Waals surface area contributed by atoms with Crippen LogP contribution >= 0.6 is 0 Å². The van der Waals surface area contributed by atoms with Gasteiger partial charge in [0.25, 0.3) is 0 Å². The third kappa shape index (κ3) is 3.22. The minimum Gasteiger partial charge on any atom is -0.394 e. The molecule has 0 bridgehead atoms. The lowest BCUT2D eigenvalue weighted by molar-refractivity contribution is -0.138. The zero-order valence-corrected chi connectivity index (χ0v) is 18.6. The number of amides is 2. The summed E-state index contributed by atoms with van der Waals surface area (Å²) in [5, 5.41) is 14.1. The number of hydrogen-bond acceptors (Lipinski definition) is 3. The van der Waals surface area contributed by atoms with Gasteiger partial charge in [0.05, 0.1) is 19.1 Å². The predicted octanol–water partition coefficient (Wildman–Crippen LogP) is 3.34. The Kier molecular flexibility index (Phi) is 4.96. The molecule has 6 heteroatoms. The summed E-state index contributed by atoms with van der Waals surface area (Å²) in [6.07, 6.45) is 0.737. The molecular formula is C28H25N3O3. The summed E-state index contributed by atoms with van der Waals surface area (Å²) in [5.74, 6) is -1.04. The molecule has 6 rings (SSSR count). The topological polar surface area (TPSA) is 85.4 Å². The third-order valence-corrected chi connectivity index (χ3v) is 7.09. The Bertz CT molecular complexity index is 1380. The van der Waals surface area contributed by atoms with E-state index in [2.05, 4.69) is 16.4 Å². The summed E-state index contributed by atoms with van der Waals surface area (Å²) >= 11 is 0. The van der Waals surface area contributed by atoms with Gasteiger partial charge in [0, 0.05) is 23.1 Å². The largest absolute Gasteiger partial charge is 0.394 e. The fourth-order valence-electron chi connectivity index (χ4n) is 5.48. The molecule has 1 atom stereocenters. The first-order chi connectivity index (χ1) is 16.7. The first kappa shape index (κ1) is 20.7. The number of aliphatic hydroxyl groups is 1. The molecule has 1 aliphatic heterocycles. The Morgan fingerprint density at radius 2 is 1.62 bits per heavy atom. The maximum atomic E-state index is 13.4. The van der Waals surface area contributed by atoms with E-state index in [4.69, 9.17) is 0 Å². The van der Waals surface area contributed by atoms with Gasteiger partial charge in [-0.25, -0.2) is 0 Å². The molecule has 1 aliphatic carbocycles. The van der Waals surface area contributed by atoms with Crippen LogP contribution in [0.3, 0.4) is 0 Å². The van der Waals surface area contributed by atoms with Crippen molar-refractivity contribution in [3.63, 3.8) is 0 Å². The van der Waals surface area contributed by atoms with E-state index in [1.807, 2.05) is 66.7 Å². The minimum absolute atomic E-state index is 0.264. The third-order valence-electron chi connectivity index (χ3n) is 7.09. The molecule has 2 amide bonds. The first-order valence-electron chi connectivity index (χ1n) is 11.6.